The first-order valence-electron chi connectivity index (χ1n) is 20.2. The predicted molar refractivity (Wildman–Crippen MR) is 214 cm³/mol. The van der Waals surface area contributed by atoms with Crippen LogP contribution in [0.25, 0.3) is 22.2 Å². The molecule has 1 amide bonds. The summed E-state index contributed by atoms with van der Waals surface area (Å²) in [6, 6.07) is 1.14. The maximum absolute atomic E-state index is 17.0. The molecule has 2 N–H and O–H groups in total. The van der Waals surface area contributed by atoms with E-state index in [1.807, 2.05) is 0 Å². The van der Waals surface area contributed by atoms with Gasteiger partial charge in [0.1, 0.15) is 29.4 Å². The van der Waals surface area contributed by atoms with Gasteiger partial charge >= 0.3 is 24.2 Å². The zero-order chi connectivity index (χ0) is 43.9. The molecule has 19 heteroatoms. The minimum absolute atomic E-state index is 0.0290. The first-order valence-corrected chi connectivity index (χ1v) is 20.6. The molecule has 1 aromatic carbocycles. The lowest BCUT2D eigenvalue weighted by molar-refractivity contribution is -0.143. The topological polar surface area (TPSA) is 136 Å². The number of hydrogen-bond acceptors (Lipinski definition) is 11. The van der Waals surface area contributed by atoms with Crippen molar-refractivity contribution in [2.24, 2.45) is 5.41 Å². The van der Waals surface area contributed by atoms with E-state index >= 15 is 13.2 Å². The Morgan fingerprint density at radius 1 is 1.03 bits per heavy atom. The third-order valence-electron chi connectivity index (χ3n) is 11.2. The van der Waals surface area contributed by atoms with Crippen LogP contribution < -0.4 is 15.4 Å². The van der Waals surface area contributed by atoms with Crippen molar-refractivity contribution in [3.05, 3.63) is 34.1 Å². The molecule has 0 spiro atoms. The number of rotatable bonds is 15. The number of benzene rings is 1. The van der Waals surface area contributed by atoms with Crippen molar-refractivity contribution in [3.63, 3.8) is 0 Å². The summed E-state index contributed by atoms with van der Waals surface area (Å²) in [6.07, 6.45) is -1.39. The molecule has 1 aliphatic carbocycles. The lowest BCUT2D eigenvalue weighted by Gasteiger charge is -2.42. The molecule has 3 atom stereocenters. The molecule has 2 aliphatic heterocycles. The number of unbranched alkanes of at least 4 members (excludes halogenated alkanes) is 3. The van der Waals surface area contributed by atoms with Gasteiger partial charge in [0.2, 0.25) is 0 Å². The van der Waals surface area contributed by atoms with E-state index in [-0.39, 0.29) is 60.3 Å². The highest BCUT2D eigenvalue weighted by Crippen LogP contribution is 2.61. The van der Waals surface area contributed by atoms with Crippen LogP contribution in [0.5, 0.6) is 6.01 Å². The van der Waals surface area contributed by atoms with Crippen LogP contribution in [0.4, 0.5) is 42.8 Å². The number of amides is 1. The number of halogens is 7. The second kappa shape index (κ2) is 17.2. The number of nitrogen functional groups attached to an aromatic ring is 1. The van der Waals surface area contributed by atoms with Crippen LogP contribution in [-0.4, -0.2) is 107 Å². The van der Waals surface area contributed by atoms with Gasteiger partial charge in [-0.15, -0.1) is 0 Å². The number of ether oxygens (including phenoxy) is 3. The minimum atomic E-state index is -4.97. The van der Waals surface area contributed by atoms with Crippen LogP contribution >= 0.6 is 11.6 Å². The van der Waals surface area contributed by atoms with Gasteiger partial charge in [0.15, 0.2) is 5.82 Å². The molecule has 2 aromatic heterocycles. The number of nitrogens with zero attached hydrogens (tertiary/aromatic N) is 6. The van der Waals surface area contributed by atoms with E-state index in [2.05, 4.69) is 15.0 Å². The SMILES string of the molecule is CCOC(=O)CCCCCCN(C)C[C@@]1(COc2nc(N3CC4CCC(C3)N4C(=O)OC(C)(C)C)c3cc(Cl)c(-c4nc(N)cc(C)c4C(F)(F)F)c(F)c3n2)CC1(F)F. The molecular formula is C41H52ClF6N7O5. The fourth-order valence-electron chi connectivity index (χ4n) is 8.40. The van der Waals surface area contributed by atoms with Gasteiger partial charge in [-0.25, -0.2) is 22.9 Å². The standard InChI is InChI=1S/C41H52ClF6N7O5/c1-7-58-29(56)12-10-8-9-11-15-53(6)21-39(20-40(39,44)45)22-59-36-51-33-26(17-27(42)30(32(33)43)34-31(41(46,47)48)23(2)16-28(49)50-34)35(52-36)54-18-24-13-14-25(19-54)55(24)37(57)60-38(3,4)5/h16-17,24-25H,7-15,18-22H2,1-6H3,(H2,49,50)/t24?,25?,39-/m1/s1. The Morgan fingerprint density at radius 3 is 2.28 bits per heavy atom. The van der Waals surface area contributed by atoms with Crippen LogP contribution in [0.2, 0.25) is 5.02 Å². The Labute approximate surface area is 350 Å². The average molecular weight is 872 g/mol. The summed E-state index contributed by atoms with van der Waals surface area (Å²) in [6.45, 7) is 8.90. The minimum Gasteiger partial charge on any atom is -0.466 e. The highest BCUT2D eigenvalue weighted by Gasteiger charge is 2.71. The van der Waals surface area contributed by atoms with Crippen LogP contribution in [0.3, 0.4) is 0 Å². The molecule has 6 rings (SSSR count). The Morgan fingerprint density at radius 2 is 1.68 bits per heavy atom. The van der Waals surface area contributed by atoms with Crippen molar-refractivity contribution in [2.45, 2.75) is 116 Å². The van der Waals surface area contributed by atoms with Crippen LogP contribution in [-0.2, 0) is 20.4 Å². The molecule has 0 radical (unpaired) electrons. The Balaban J connectivity index is 1.31. The number of aryl methyl sites for hydroxylation is 1. The van der Waals surface area contributed by atoms with Gasteiger partial charge in [-0.2, -0.15) is 23.1 Å². The normalized spacial score (nSPS) is 21.2. The quantitative estimate of drug-likeness (QED) is 0.0892. The first kappa shape index (κ1) is 45.2. The summed E-state index contributed by atoms with van der Waals surface area (Å²) in [5, 5.41) is -0.392. The number of aromatic nitrogens is 3. The zero-order valence-corrected chi connectivity index (χ0v) is 35.4. The fourth-order valence-corrected chi connectivity index (χ4v) is 8.68. The lowest BCUT2D eigenvalue weighted by atomic mass is 9.99. The van der Waals surface area contributed by atoms with E-state index in [1.54, 1.807) is 49.4 Å². The number of esters is 1. The van der Waals surface area contributed by atoms with Crippen LogP contribution in [0, 0.1) is 18.2 Å². The number of pyridine rings is 1. The Hall–Kier alpha value is -4.32. The van der Waals surface area contributed by atoms with Gasteiger partial charge in [0, 0.05) is 37.9 Å². The smallest absolute Gasteiger partial charge is 0.418 e. The van der Waals surface area contributed by atoms with E-state index in [1.165, 1.54) is 13.0 Å². The molecule has 12 nitrogen and oxygen atoms in total. The highest BCUT2D eigenvalue weighted by atomic mass is 35.5. The number of carbonyl (C=O) groups excluding carboxylic acids is 2. The van der Waals surface area contributed by atoms with Gasteiger partial charge in [-0.05, 0) is 91.6 Å². The van der Waals surface area contributed by atoms with Crippen molar-refractivity contribution in [3.8, 4) is 17.3 Å². The molecule has 2 bridgehead atoms. The highest BCUT2D eigenvalue weighted by molar-refractivity contribution is 6.34. The van der Waals surface area contributed by atoms with E-state index < -0.39 is 81.4 Å². The van der Waals surface area contributed by atoms with Gasteiger partial charge in [-0.3, -0.25) is 9.69 Å². The zero-order valence-electron chi connectivity index (χ0n) is 34.7. The molecule has 2 unspecified atom stereocenters. The van der Waals surface area contributed by atoms with Crippen LogP contribution in [0.15, 0.2) is 12.1 Å². The molecule has 3 fully saturated rings. The number of alkyl halides is 5. The van der Waals surface area contributed by atoms with E-state index in [4.69, 9.17) is 31.5 Å². The monoisotopic (exact) mass is 871 g/mol. The third-order valence-corrected chi connectivity index (χ3v) is 11.5. The number of hydrogen-bond donors (Lipinski definition) is 1. The molecular weight excluding hydrogens is 820 g/mol. The summed E-state index contributed by atoms with van der Waals surface area (Å²) >= 11 is 6.64. The fraction of sp³-hybridized carbons (Fsp3) is 0.634. The largest absolute Gasteiger partial charge is 0.466 e. The summed E-state index contributed by atoms with van der Waals surface area (Å²) in [4.78, 5) is 42.9. The summed E-state index contributed by atoms with van der Waals surface area (Å²) in [7, 11) is 1.73. The molecule has 60 heavy (non-hydrogen) atoms. The number of fused-ring (bicyclic) bond motifs is 3. The van der Waals surface area contributed by atoms with Crippen molar-refractivity contribution < 1.29 is 50.1 Å². The Kier molecular flexibility index (Phi) is 13.0. The number of anilines is 2. The van der Waals surface area contributed by atoms with E-state index in [0.717, 1.165) is 18.9 Å². The van der Waals surface area contributed by atoms with Crippen molar-refractivity contribution in [2.75, 3.05) is 57.1 Å². The van der Waals surface area contributed by atoms with Crippen molar-refractivity contribution >= 4 is 46.2 Å². The van der Waals surface area contributed by atoms with Gasteiger partial charge in [-0.1, -0.05) is 24.4 Å². The third kappa shape index (κ3) is 9.74. The molecule has 2 saturated heterocycles. The Bertz CT molecular complexity index is 2090. The number of piperazine rings is 1. The average Bonchev–Trinajstić information content (AvgIpc) is 3.55. The summed E-state index contributed by atoms with van der Waals surface area (Å²) in [5.41, 5.74) is -0.0518. The maximum atomic E-state index is 17.0. The lowest BCUT2D eigenvalue weighted by Crippen LogP contribution is -2.57. The molecule has 3 aliphatic rings. The van der Waals surface area contributed by atoms with Crippen molar-refractivity contribution in [1.29, 1.82) is 0 Å². The molecule has 4 heterocycles. The second-order valence-corrected chi connectivity index (χ2v) is 17.6. The van der Waals surface area contributed by atoms with Gasteiger partial charge < -0.3 is 29.7 Å². The maximum Gasteiger partial charge on any atom is 0.418 e. The summed E-state index contributed by atoms with van der Waals surface area (Å²) < 4.78 is 107. The molecule has 1 saturated carbocycles. The summed E-state index contributed by atoms with van der Waals surface area (Å²) in [5.74, 6) is -4.80. The number of nitrogens with two attached hydrogens (primary N) is 1. The van der Waals surface area contributed by atoms with Crippen LogP contribution in [0.1, 0.15) is 90.2 Å². The first-order chi connectivity index (χ1) is 28.0. The van der Waals surface area contributed by atoms with E-state index in [9.17, 15) is 22.8 Å². The van der Waals surface area contributed by atoms with Crippen molar-refractivity contribution in [1.82, 2.24) is 24.8 Å². The van der Waals surface area contributed by atoms with Gasteiger partial charge in [0.25, 0.3) is 5.92 Å². The predicted octanol–water partition coefficient (Wildman–Crippen LogP) is 8.83. The van der Waals surface area contributed by atoms with E-state index in [0.29, 0.717) is 45.3 Å². The second-order valence-electron chi connectivity index (χ2n) is 17.2. The molecule has 330 valence electrons. The molecule has 3 aromatic rings. The number of carbonyl (C=O) groups is 2. The van der Waals surface area contributed by atoms with Gasteiger partial charge in [0.05, 0.1) is 45.9 Å².